The zero-order valence-corrected chi connectivity index (χ0v) is 16.5. The molecular weight excluding hydrogens is 338 g/mol. The largest absolute Gasteiger partial charge is 0.486 e. The summed E-state index contributed by atoms with van der Waals surface area (Å²) in [7, 11) is 0. The first-order valence-electron chi connectivity index (χ1n) is 10.9. The number of amides is 1. The van der Waals surface area contributed by atoms with Crippen LogP contribution in [0.4, 0.5) is 0 Å². The summed E-state index contributed by atoms with van der Waals surface area (Å²) in [6.45, 7) is 4.32. The third kappa shape index (κ3) is 2.83. The fraction of sp³-hybridized carbons (Fsp3) is 0.696. The number of benzene rings is 1. The predicted octanol–water partition coefficient (Wildman–Crippen LogP) is 4.75. The summed E-state index contributed by atoms with van der Waals surface area (Å²) in [5.41, 5.74) is 2.82. The van der Waals surface area contributed by atoms with E-state index in [4.69, 9.17) is 9.47 Å². The first-order chi connectivity index (χ1) is 13.2. The fourth-order valence-electron chi connectivity index (χ4n) is 5.96. The third-order valence-electron chi connectivity index (χ3n) is 7.47. The lowest BCUT2D eigenvalue weighted by Gasteiger charge is -2.47. The number of ether oxygens (including phenoxy) is 2. The van der Waals surface area contributed by atoms with Crippen LogP contribution in [0.25, 0.3) is 0 Å². The smallest absolute Gasteiger partial charge is 0.226 e. The van der Waals surface area contributed by atoms with Crippen molar-refractivity contribution in [3.8, 4) is 11.5 Å². The van der Waals surface area contributed by atoms with Crippen LogP contribution in [-0.2, 0) is 10.2 Å². The molecule has 4 nitrogen and oxygen atoms in total. The van der Waals surface area contributed by atoms with E-state index in [1.54, 1.807) is 0 Å². The molecule has 4 aliphatic rings. The fourth-order valence-corrected chi connectivity index (χ4v) is 5.96. The van der Waals surface area contributed by atoms with Crippen molar-refractivity contribution in [2.75, 3.05) is 19.8 Å². The molecule has 1 aromatic rings. The number of hydrogen-bond donors (Lipinski definition) is 0. The van der Waals surface area contributed by atoms with Gasteiger partial charge in [0.2, 0.25) is 5.91 Å². The molecule has 0 bridgehead atoms. The average molecular weight is 370 g/mol. The lowest BCUT2D eigenvalue weighted by molar-refractivity contribution is -0.140. The predicted molar refractivity (Wildman–Crippen MR) is 104 cm³/mol. The van der Waals surface area contributed by atoms with Gasteiger partial charge in [-0.15, -0.1) is 0 Å². The quantitative estimate of drug-likeness (QED) is 0.717. The minimum atomic E-state index is 0.113. The molecule has 2 aliphatic carbocycles. The SMILES string of the molecule is CC1c2cc3c(cc2C2(CCCC2)CN1C(=O)C1CCCCC1)OCCO3. The minimum absolute atomic E-state index is 0.113. The third-order valence-corrected chi connectivity index (χ3v) is 7.47. The maximum atomic E-state index is 13.5. The number of hydrogen-bond acceptors (Lipinski definition) is 3. The number of fused-ring (bicyclic) bond motifs is 3. The first-order valence-corrected chi connectivity index (χ1v) is 10.9. The highest BCUT2D eigenvalue weighted by Crippen LogP contribution is 2.52. The van der Waals surface area contributed by atoms with Crippen molar-refractivity contribution < 1.29 is 14.3 Å². The van der Waals surface area contributed by atoms with Gasteiger partial charge in [-0.05, 0) is 55.9 Å². The molecule has 1 amide bonds. The summed E-state index contributed by atoms with van der Waals surface area (Å²) in [5, 5.41) is 0. The van der Waals surface area contributed by atoms with Crippen LogP contribution in [0.15, 0.2) is 12.1 Å². The van der Waals surface area contributed by atoms with Crippen LogP contribution in [0.3, 0.4) is 0 Å². The maximum Gasteiger partial charge on any atom is 0.226 e. The molecule has 2 saturated carbocycles. The van der Waals surface area contributed by atoms with Gasteiger partial charge in [0.05, 0.1) is 6.04 Å². The van der Waals surface area contributed by atoms with E-state index in [1.807, 2.05) is 0 Å². The van der Waals surface area contributed by atoms with Gasteiger partial charge in [-0.3, -0.25) is 4.79 Å². The van der Waals surface area contributed by atoms with Gasteiger partial charge in [0.15, 0.2) is 11.5 Å². The zero-order chi connectivity index (χ0) is 18.4. The molecule has 2 aliphatic heterocycles. The second-order valence-electron chi connectivity index (χ2n) is 9.05. The Hall–Kier alpha value is -1.71. The van der Waals surface area contributed by atoms with Crippen molar-refractivity contribution >= 4 is 5.91 Å². The summed E-state index contributed by atoms with van der Waals surface area (Å²) >= 11 is 0. The summed E-state index contributed by atoms with van der Waals surface area (Å²) in [5.74, 6) is 2.38. The summed E-state index contributed by atoms with van der Waals surface area (Å²) in [4.78, 5) is 15.7. The van der Waals surface area contributed by atoms with Gasteiger partial charge in [-0.25, -0.2) is 0 Å². The van der Waals surface area contributed by atoms with Crippen LogP contribution in [0, 0.1) is 5.92 Å². The first kappa shape index (κ1) is 17.4. The lowest BCUT2D eigenvalue weighted by atomic mass is 9.71. The van der Waals surface area contributed by atoms with E-state index in [2.05, 4.69) is 24.0 Å². The molecule has 4 heteroatoms. The van der Waals surface area contributed by atoms with Gasteiger partial charge in [0.1, 0.15) is 13.2 Å². The Morgan fingerprint density at radius 2 is 1.67 bits per heavy atom. The minimum Gasteiger partial charge on any atom is -0.486 e. The van der Waals surface area contributed by atoms with Crippen LogP contribution in [0.5, 0.6) is 11.5 Å². The van der Waals surface area contributed by atoms with Crippen LogP contribution in [0.1, 0.15) is 81.9 Å². The highest BCUT2D eigenvalue weighted by atomic mass is 16.6. The molecule has 0 radical (unpaired) electrons. The average Bonchev–Trinajstić information content (AvgIpc) is 3.19. The molecule has 2 fully saturated rings. The van der Waals surface area contributed by atoms with E-state index in [0.29, 0.717) is 19.1 Å². The molecule has 0 aromatic heterocycles. The van der Waals surface area contributed by atoms with Gasteiger partial charge in [-0.1, -0.05) is 32.1 Å². The Kier molecular flexibility index (Phi) is 4.33. The molecule has 146 valence electrons. The Labute approximate surface area is 162 Å². The van der Waals surface area contributed by atoms with E-state index in [0.717, 1.165) is 30.9 Å². The molecule has 2 heterocycles. The highest BCUT2D eigenvalue weighted by molar-refractivity contribution is 5.80. The normalized spacial score (nSPS) is 26.9. The number of carbonyl (C=O) groups is 1. The molecule has 27 heavy (non-hydrogen) atoms. The Morgan fingerprint density at radius 3 is 2.37 bits per heavy atom. The molecule has 1 aromatic carbocycles. The van der Waals surface area contributed by atoms with Crippen LogP contribution >= 0.6 is 0 Å². The van der Waals surface area contributed by atoms with Crippen LogP contribution in [0.2, 0.25) is 0 Å². The van der Waals surface area contributed by atoms with Gasteiger partial charge in [0.25, 0.3) is 0 Å². The van der Waals surface area contributed by atoms with Gasteiger partial charge >= 0.3 is 0 Å². The van der Waals surface area contributed by atoms with Gasteiger partial charge in [0, 0.05) is 17.9 Å². The number of rotatable bonds is 1. The van der Waals surface area contributed by atoms with Crippen molar-refractivity contribution in [2.24, 2.45) is 5.92 Å². The zero-order valence-electron chi connectivity index (χ0n) is 16.5. The van der Waals surface area contributed by atoms with Gasteiger partial charge < -0.3 is 14.4 Å². The molecule has 1 unspecified atom stereocenters. The van der Waals surface area contributed by atoms with Crippen molar-refractivity contribution in [2.45, 2.75) is 76.2 Å². The second kappa shape index (κ2) is 6.72. The topological polar surface area (TPSA) is 38.8 Å². The van der Waals surface area contributed by atoms with E-state index in [-0.39, 0.29) is 17.4 Å². The maximum absolute atomic E-state index is 13.5. The molecule has 5 rings (SSSR count). The Balaban J connectivity index is 1.55. The molecule has 0 N–H and O–H groups in total. The molecular formula is C23H31NO3. The van der Waals surface area contributed by atoms with Crippen molar-refractivity contribution in [3.05, 3.63) is 23.3 Å². The molecule has 1 spiro atoms. The Morgan fingerprint density at radius 1 is 1.00 bits per heavy atom. The van der Waals surface area contributed by atoms with E-state index < -0.39 is 0 Å². The highest BCUT2D eigenvalue weighted by Gasteiger charge is 2.47. The van der Waals surface area contributed by atoms with Crippen LogP contribution < -0.4 is 9.47 Å². The molecule has 0 saturated heterocycles. The second-order valence-corrected chi connectivity index (χ2v) is 9.05. The summed E-state index contributed by atoms with van der Waals surface area (Å²) < 4.78 is 11.8. The van der Waals surface area contributed by atoms with Crippen molar-refractivity contribution in [3.63, 3.8) is 0 Å². The summed E-state index contributed by atoms with van der Waals surface area (Å²) in [6.07, 6.45) is 10.7. The van der Waals surface area contributed by atoms with E-state index in [1.165, 1.54) is 56.1 Å². The lowest BCUT2D eigenvalue weighted by Crippen LogP contribution is -2.50. The summed E-state index contributed by atoms with van der Waals surface area (Å²) in [6, 6.07) is 4.54. The standard InChI is InChI=1S/C23H31NO3/c1-16-18-13-20-21(27-12-11-26-20)14-19(18)23(9-5-6-10-23)15-24(16)22(25)17-7-3-2-4-8-17/h13-14,16-17H,2-12,15H2,1H3. The number of nitrogens with zero attached hydrogens (tertiary/aromatic N) is 1. The van der Waals surface area contributed by atoms with Crippen molar-refractivity contribution in [1.82, 2.24) is 4.90 Å². The van der Waals surface area contributed by atoms with Crippen LogP contribution in [-0.4, -0.2) is 30.6 Å². The van der Waals surface area contributed by atoms with Gasteiger partial charge in [-0.2, -0.15) is 0 Å². The molecule has 1 atom stereocenters. The monoisotopic (exact) mass is 369 g/mol. The van der Waals surface area contributed by atoms with Crippen molar-refractivity contribution in [1.29, 1.82) is 0 Å². The van der Waals surface area contributed by atoms with E-state index in [9.17, 15) is 4.79 Å². The van der Waals surface area contributed by atoms with E-state index >= 15 is 0 Å². The Bertz CT molecular complexity index is 731. The number of carbonyl (C=O) groups excluding carboxylic acids is 1.